The van der Waals surface area contributed by atoms with Crippen molar-refractivity contribution in [3.8, 4) is 0 Å². The van der Waals surface area contributed by atoms with Crippen LogP contribution in [0.5, 0.6) is 0 Å². The van der Waals surface area contributed by atoms with Gasteiger partial charge in [0.25, 0.3) is 0 Å². The van der Waals surface area contributed by atoms with Gasteiger partial charge < -0.3 is 9.84 Å². The molecule has 0 aromatic rings. The first-order chi connectivity index (χ1) is 5.31. The molecule has 2 aliphatic carbocycles. The summed E-state index contributed by atoms with van der Waals surface area (Å²) in [5.74, 6) is 1.21. The Bertz CT molecular complexity index is 144. The highest BCUT2D eigenvalue weighted by atomic mass is 16.5. The molecule has 2 nitrogen and oxygen atoms in total. The van der Waals surface area contributed by atoms with Gasteiger partial charge >= 0.3 is 0 Å². The fourth-order valence-electron chi connectivity index (χ4n) is 2.61. The molecule has 2 rings (SSSR count). The molecule has 64 valence electrons. The lowest BCUT2D eigenvalue weighted by atomic mass is 9.95. The Labute approximate surface area is 67.6 Å². The third-order valence-corrected chi connectivity index (χ3v) is 3.14. The Morgan fingerprint density at radius 3 is 2.55 bits per heavy atom. The van der Waals surface area contributed by atoms with Crippen LogP contribution in [0.2, 0.25) is 0 Å². The minimum absolute atomic E-state index is 0.0169. The highest BCUT2D eigenvalue weighted by Crippen LogP contribution is 2.45. The molecule has 4 unspecified atom stereocenters. The number of fused-ring (bicyclic) bond motifs is 2. The summed E-state index contributed by atoms with van der Waals surface area (Å²) in [7, 11) is 0. The van der Waals surface area contributed by atoms with E-state index in [1.807, 2.05) is 6.92 Å². The largest absolute Gasteiger partial charge is 0.393 e. The fourth-order valence-corrected chi connectivity index (χ4v) is 2.61. The highest BCUT2D eigenvalue weighted by Gasteiger charge is 2.45. The molecular weight excluding hydrogens is 140 g/mol. The summed E-state index contributed by atoms with van der Waals surface area (Å²) in [5, 5.41) is 9.45. The predicted molar refractivity (Wildman–Crippen MR) is 42.3 cm³/mol. The summed E-state index contributed by atoms with van der Waals surface area (Å²) in [5.41, 5.74) is 0. The van der Waals surface area contributed by atoms with E-state index in [0.717, 1.165) is 19.4 Å². The van der Waals surface area contributed by atoms with Crippen molar-refractivity contribution >= 4 is 0 Å². The van der Waals surface area contributed by atoms with Gasteiger partial charge in [-0.25, -0.2) is 0 Å². The molecule has 0 aromatic heterocycles. The summed E-state index contributed by atoms with van der Waals surface area (Å²) >= 11 is 0. The molecule has 0 heterocycles. The van der Waals surface area contributed by atoms with Crippen LogP contribution in [0.15, 0.2) is 0 Å². The van der Waals surface area contributed by atoms with Gasteiger partial charge in [-0.3, -0.25) is 0 Å². The molecule has 0 aromatic carbocycles. The molecule has 1 N–H and O–H groups in total. The van der Waals surface area contributed by atoms with Crippen LogP contribution in [-0.2, 0) is 4.74 Å². The topological polar surface area (TPSA) is 29.5 Å². The average molecular weight is 156 g/mol. The molecule has 0 saturated heterocycles. The second-order valence-corrected chi connectivity index (χ2v) is 3.79. The Hall–Kier alpha value is -0.0800. The summed E-state index contributed by atoms with van der Waals surface area (Å²) in [6.07, 6.45) is 3.73. The van der Waals surface area contributed by atoms with Crippen molar-refractivity contribution in [1.29, 1.82) is 0 Å². The average Bonchev–Trinajstić information content (AvgIpc) is 2.47. The van der Waals surface area contributed by atoms with E-state index in [-0.39, 0.29) is 6.10 Å². The van der Waals surface area contributed by atoms with Crippen LogP contribution in [0.3, 0.4) is 0 Å². The van der Waals surface area contributed by atoms with E-state index in [0.29, 0.717) is 17.9 Å². The van der Waals surface area contributed by atoms with Crippen molar-refractivity contribution in [2.24, 2.45) is 11.8 Å². The van der Waals surface area contributed by atoms with Gasteiger partial charge in [-0.2, -0.15) is 0 Å². The van der Waals surface area contributed by atoms with Crippen LogP contribution in [0.4, 0.5) is 0 Å². The maximum Gasteiger partial charge on any atom is 0.0607 e. The van der Waals surface area contributed by atoms with Crippen molar-refractivity contribution in [2.75, 3.05) is 6.61 Å². The van der Waals surface area contributed by atoms with Crippen LogP contribution < -0.4 is 0 Å². The molecule has 0 radical (unpaired) electrons. The molecule has 2 heteroatoms. The predicted octanol–water partition coefficient (Wildman–Crippen LogP) is 1.18. The van der Waals surface area contributed by atoms with Gasteiger partial charge in [0, 0.05) is 6.61 Å². The Morgan fingerprint density at radius 2 is 2.09 bits per heavy atom. The number of rotatable bonds is 2. The van der Waals surface area contributed by atoms with Gasteiger partial charge in [-0.15, -0.1) is 0 Å². The first-order valence-electron chi connectivity index (χ1n) is 4.61. The molecular formula is C9H16O2. The molecule has 0 amide bonds. The van der Waals surface area contributed by atoms with Gasteiger partial charge in [0.2, 0.25) is 0 Å². The van der Waals surface area contributed by atoms with E-state index in [1.54, 1.807) is 0 Å². The van der Waals surface area contributed by atoms with E-state index in [2.05, 4.69) is 0 Å². The molecule has 2 saturated carbocycles. The van der Waals surface area contributed by atoms with Crippen molar-refractivity contribution in [3.05, 3.63) is 0 Å². The number of hydrogen-bond acceptors (Lipinski definition) is 2. The molecule has 11 heavy (non-hydrogen) atoms. The van der Waals surface area contributed by atoms with Crippen LogP contribution in [0, 0.1) is 11.8 Å². The number of aliphatic hydroxyl groups excluding tert-OH is 1. The van der Waals surface area contributed by atoms with E-state index < -0.39 is 0 Å². The minimum atomic E-state index is -0.0169. The summed E-state index contributed by atoms with van der Waals surface area (Å²) in [4.78, 5) is 0. The zero-order valence-electron chi connectivity index (χ0n) is 6.99. The van der Waals surface area contributed by atoms with E-state index in [9.17, 15) is 5.11 Å². The van der Waals surface area contributed by atoms with Crippen molar-refractivity contribution < 1.29 is 9.84 Å². The van der Waals surface area contributed by atoms with Crippen molar-refractivity contribution in [3.63, 3.8) is 0 Å². The van der Waals surface area contributed by atoms with E-state index in [1.165, 1.54) is 6.42 Å². The van der Waals surface area contributed by atoms with E-state index in [4.69, 9.17) is 4.74 Å². The Balaban J connectivity index is 1.92. The van der Waals surface area contributed by atoms with Crippen molar-refractivity contribution in [1.82, 2.24) is 0 Å². The Morgan fingerprint density at radius 1 is 1.27 bits per heavy atom. The number of hydrogen-bond donors (Lipinski definition) is 1. The molecule has 4 atom stereocenters. The SMILES string of the molecule is CCOC1CC2CC1CC2O. The highest BCUT2D eigenvalue weighted by molar-refractivity contribution is 4.95. The lowest BCUT2D eigenvalue weighted by Gasteiger charge is -2.24. The zero-order valence-corrected chi connectivity index (χ0v) is 6.99. The lowest BCUT2D eigenvalue weighted by molar-refractivity contribution is -0.00578. The molecule has 2 fully saturated rings. The van der Waals surface area contributed by atoms with Gasteiger partial charge in [0.1, 0.15) is 0 Å². The zero-order chi connectivity index (χ0) is 7.84. The number of aliphatic hydroxyl groups is 1. The molecule has 0 spiro atoms. The third-order valence-electron chi connectivity index (χ3n) is 3.14. The van der Waals surface area contributed by atoms with Crippen LogP contribution >= 0.6 is 0 Å². The van der Waals surface area contributed by atoms with Crippen LogP contribution in [0.25, 0.3) is 0 Å². The van der Waals surface area contributed by atoms with Gasteiger partial charge in [-0.1, -0.05) is 0 Å². The van der Waals surface area contributed by atoms with Gasteiger partial charge in [0.15, 0.2) is 0 Å². The first kappa shape index (κ1) is 7.56. The number of ether oxygens (including phenoxy) is 1. The van der Waals surface area contributed by atoms with Crippen molar-refractivity contribution in [2.45, 2.75) is 38.4 Å². The fraction of sp³-hybridized carbons (Fsp3) is 1.00. The molecule has 2 bridgehead atoms. The minimum Gasteiger partial charge on any atom is -0.393 e. The quantitative estimate of drug-likeness (QED) is 0.650. The summed E-state index contributed by atoms with van der Waals surface area (Å²) in [6.45, 7) is 2.87. The maximum atomic E-state index is 9.45. The standard InChI is InChI=1S/C9H16O2/c1-2-11-9-5-6-3-7(9)4-8(6)10/h6-10H,2-5H2,1H3. The monoisotopic (exact) mass is 156 g/mol. The lowest BCUT2D eigenvalue weighted by Crippen LogP contribution is -2.27. The normalized spacial score (nSPS) is 48.5. The van der Waals surface area contributed by atoms with Gasteiger partial charge in [-0.05, 0) is 38.0 Å². The van der Waals surface area contributed by atoms with Crippen LogP contribution in [0.1, 0.15) is 26.2 Å². The summed E-state index contributed by atoms with van der Waals surface area (Å²) < 4.78 is 5.57. The van der Waals surface area contributed by atoms with Crippen LogP contribution in [-0.4, -0.2) is 23.9 Å². The van der Waals surface area contributed by atoms with E-state index >= 15 is 0 Å². The second kappa shape index (κ2) is 2.76. The summed E-state index contributed by atoms with van der Waals surface area (Å²) in [6, 6.07) is 0. The third kappa shape index (κ3) is 1.18. The van der Waals surface area contributed by atoms with Gasteiger partial charge in [0.05, 0.1) is 12.2 Å². The first-order valence-corrected chi connectivity index (χ1v) is 4.61. The molecule has 0 aliphatic heterocycles. The smallest absolute Gasteiger partial charge is 0.0607 e. The molecule has 2 aliphatic rings. The Kier molecular flexibility index (Phi) is 1.90. The maximum absolute atomic E-state index is 9.45. The second-order valence-electron chi connectivity index (χ2n) is 3.79.